The number of thioether (sulfide) groups is 1. The molecule has 3 heterocycles. The summed E-state index contributed by atoms with van der Waals surface area (Å²) in [6, 6.07) is 0. The summed E-state index contributed by atoms with van der Waals surface area (Å²) in [4.78, 5) is 28.3. The van der Waals surface area contributed by atoms with Crippen molar-refractivity contribution >= 4 is 51.3 Å². The standard InChI is InChI=1S/C27H32N4O3S3/c1-3-14-31-24(19-15-35-20-12-9-8-10-17(19)20)29-30-27(31)36-16-22(32)28-25-23(26(33)34-2)18-11-6-4-5-7-13-21(18)37-25/h3,15H,1,4-14,16H2,2H3,(H,28,32). The van der Waals surface area contributed by atoms with E-state index < -0.39 is 0 Å². The molecule has 0 atom stereocenters. The van der Waals surface area contributed by atoms with Gasteiger partial charge in [0.2, 0.25) is 5.91 Å². The number of fused-ring (bicyclic) bond motifs is 2. The highest BCUT2D eigenvalue weighted by Crippen LogP contribution is 2.39. The Balaban J connectivity index is 1.33. The first-order valence-corrected chi connectivity index (χ1v) is 15.6. The number of esters is 1. The molecule has 3 aromatic rings. The predicted molar refractivity (Wildman–Crippen MR) is 151 cm³/mol. The number of ether oxygens (including phenoxy) is 1. The van der Waals surface area contributed by atoms with Gasteiger partial charge in [0.15, 0.2) is 11.0 Å². The van der Waals surface area contributed by atoms with Crippen molar-refractivity contribution < 1.29 is 14.3 Å². The molecule has 0 unspecified atom stereocenters. The van der Waals surface area contributed by atoms with E-state index in [1.165, 1.54) is 64.8 Å². The fourth-order valence-electron chi connectivity index (χ4n) is 5.19. The maximum absolute atomic E-state index is 13.0. The minimum absolute atomic E-state index is 0.167. The van der Waals surface area contributed by atoms with Crippen molar-refractivity contribution in [2.45, 2.75) is 75.9 Å². The second kappa shape index (κ2) is 12.0. The normalized spacial score (nSPS) is 15.3. The van der Waals surface area contributed by atoms with Crippen molar-refractivity contribution in [3.05, 3.63) is 44.5 Å². The SMILES string of the molecule is C=CCn1c(SCC(=O)Nc2sc3c(c2C(=O)OC)CCCCCC3)nnc1-c1csc2c1CCCC2. The number of aromatic nitrogens is 3. The summed E-state index contributed by atoms with van der Waals surface area (Å²) >= 11 is 4.68. The van der Waals surface area contributed by atoms with Crippen LogP contribution in [-0.4, -0.2) is 39.5 Å². The molecule has 196 valence electrons. The molecule has 1 amide bonds. The molecule has 2 aliphatic carbocycles. The molecule has 2 aliphatic rings. The van der Waals surface area contributed by atoms with Gasteiger partial charge in [-0.2, -0.15) is 0 Å². The maximum Gasteiger partial charge on any atom is 0.341 e. The minimum atomic E-state index is -0.379. The number of anilines is 1. The molecule has 0 radical (unpaired) electrons. The fourth-order valence-corrected chi connectivity index (χ4v) is 8.35. The van der Waals surface area contributed by atoms with Gasteiger partial charge in [0.05, 0.1) is 18.4 Å². The smallest absolute Gasteiger partial charge is 0.341 e. The molecule has 5 rings (SSSR count). The molecule has 0 bridgehead atoms. The van der Waals surface area contributed by atoms with Crippen LogP contribution in [0.5, 0.6) is 0 Å². The van der Waals surface area contributed by atoms with Crippen molar-refractivity contribution in [3.63, 3.8) is 0 Å². The van der Waals surface area contributed by atoms with Crippen LogP contribution in [0.3, 0.4) is 0 Å². The lowest BCUT2D eigenvalue weighted by Gasteiger charge is -2.13. The summed E-state index contributed by atoms with van der Waals surface area (Å²) in [5.74, 6) is 0.455. The number of methoxy groups -OCH3 is 1. The van der Waals surface area contributed by atoms with Crippen LogP contribution in [0.1, 0.15) is 69.8 Å². The van der Waals surface area contributed by atoms with Gasteiger partial charge in [-0.15, -0.1) is 39.4 Å². The van der Waals surface area contributed by atoms with Crippen molar-refractivity contribution in [1.82, 2.24) is 14.8 Å². The van der Waals surface area contributed by atoms with Gasteiger partial charge in [-0.1, -0.05) is 30.7 Å². The zero-order valence-corrected chi connectivity index (χ0v) is 23.6. The van der Waals surface area contributed by atoms with Crippen molar-refractivity contribution in [1.29, 1.82) is 0 Å². The Kier molecular flexibility index (Phi) is 8.46. The predicted octanol–water partition coefficient (Wildman–Crippen LogP) is 6.31. The first-order valence-electron chi connectivity index (χ1n) is 12.9. The molecule has 3 aromatic heterocycles. The maximum atomic E-state index is 13.0. The van der Waals surface area contributed by atoms with Crippen molar-refractivity contribution in [2.24, 2.45) is 0 Å². The molecule has 37 heavy (non-hydrogen) atoms. The van der Waals surface area contributed by atoms with Crippen LogP contribution in [0.4, 0.5) is 5.00 Å². The molecule has 0 saturated heterocycles. The average Bonchev–Trinajstić information content (AvgIpc) is 3.58. The van der Waals surface area contributed by atoms with E-state index in [-0.39, 0.29) is 17.6 Å². The van der Waals surface area contributed by atoms with Gasteiger partial charge in [-0.3, -0.25) is 9.36 Å². The Labute approximate surface area is 229 Å². The lowest BCUT2D eigenvalue weighted by Crippen LogP contribution is -2.17. The van der Waals surface area contributed by atoms with Gasteiger partial charge >= 0.3 is 5.97 Å². The number of allylic oxidation sites excluding steroid dienone is 1. The topological polar surface area (TPSA) is 86.1 Å². The van der Waals surface area contributed by atoms with Gasteiger partial charge < -0.3 is 10.1 Å². The molecule has 7 nitrogen and oxygen atoms in total. The first-order chi connectivity index (χ1) is 18.1. The lowest BCUT2D eigenvalue weighted by molar-refractivity contribution is -0.113. The van der Waals surface area contributed by atoms with E-state index in [1.54, 1.807) is 0 Å². The number of aryl methyl sites for hydroxylation is 2. The number of hydrogen-bond donors (Lipinski definition) is 1. The van der Waals surface area contributed by atoms with E-state index in [9.17, 15) is 9.59 Å². The van der Waals surface area contributed by atoms with Crippen molar-refractivity contribution in [2.75, 3.05) is 18.2 Å². The number of thiophene rings is 2. The summed E-state index contributed by atoms with van der Waals surface area (Å²) in [6.45, 7) is 4.48. The Hall–Kier alpha value is -2.43. The lowest BCUT2D eigenvalue weighted by atomic mass is 9.95. The summed E-state index contributed by atoms with van der Waals surface area (Å²) in [5, 5.41) is 15.4. The number of carbonyl (C=O) groups excluding carboxylic acids is 2. The zero-order valence-electron chi connectivity index (χ0n) is 21.1. The second-order valence-electron chi connectivity index (χ2n) is 9.41. The molecule has 0 aliphatic heterocycles. The Morgan fingerprint density at radius 3 is 2.62 bits per heavy atom. The fraction of sp³-hybridized carbons (Fsp3) is 0.481. The van der Waals surface area contributed by atoms with Crippen LogP contribution in [0.15, 0.2) is 23.2 Å². The van der Waals surface area contributed by atoms with Crippen LogP contribution in [0.25, 0.3) is 11.4 Å². The van der Waals surface area contributed by atoms with Crippen LogP contribution in [0.2, 0.25) is 0 Å². The molecule has 0 saturated carbocycles. The van der Waals surface area contributed by atoms with E-state index in [1.807, 2.05) is 22.0 Å². The second-order valence-corrected chi connectivity index (χ2v) is 12.4. The molecule has 1 N–H and O–H groups in total. The van der Waals surface area contributed by atoms with Gasteiger partial charge in [0.25, 0.3) is 0 Å². The highest BCUT2D eigenvalue weighted by molar-refractivity contribution is 7.99. The first kappa shape index (κ1) is 26.2. The minimum Gasteiger partial charge on any atom is -0.465 e. The molecular weight excluding hydrogens is 525 g/mol. The number of hydrogen-bond acceptors (Lipinski definition) is 8. The average molecular weight is 557 g/mol. The van der Waals surface area contributed by atoms with Gasteiger partial charge in [-0.05, 0) is 62.5 Å². The number of carbonyl (C=O) groups is 2. The third kappa shape index (κ3) is 5.56. The van der Waals surface area contributed by atoms with Crippen LogP contribution in [-0.2, 0) is 41.8 Å². The van der Waals surface area contributed by atoms with Gasteiger partial charge in [-0.25, -0.2) is 4.79 Å². The van der Waals surface area contributed by atoms with Crippen LogP contribution < -0.4 is 5.32 Å². The summed E-state index contributed by atoms with van der Waals surface area (Å²) < 4.78 is 7.13. The van der Waals surface area contributed by atoms with Gasteiger partial charge in [0, 0.05) is 27.2 Å². The summed E-state index contributed by atoms with van der Waals surface area (Å²) in [6.07, 6.45) is 12.8. The van der Waals surface area contributed by atoms with E-state index in [0.29, 0.717) is 22.3 Å². The highest BCUT2D eigenvalue weighted by atomic mass is 32.2. The van der Waals surface area contributed by atoms with E-state index in [4.69, 9.17) is 4.74 Å². The highest BCUT2D eigenvalue weighted by Gasteiger charge is 2.27. The van der Waals surface area contributed by atoms with E-state index in [0.717, 1.165) is 61.9 Å². The molecule has 0 aromatic carbocycles. The van der Waals surface area contributed by atoms with E-state index >= 15 is 0 Å². The molecule has 10 heteroatoms. The quantitative estimate of drug-likeness (QED) is 0.199. The number of rotatable bonds is 8. The number of amides is 1. The Bertz CT molecular complexity index is 1310. The van der Waals surface area contributed by atoms with E-state index in [2.05, 4.69) is 27.5 Å². The molecular formula is C27H32N4O3S3. The Morgan fingerprint density at radius 2 is 1.81 bits per heavy atom. The molecule has 0 fully saturated rings. The van der Waals surface area contributed by atoms with Crippen LogP contribution >= 0.6 is 34.4 Å². The zero-order chi connectivity index (χ0) is 25.8. The monoisotopic (exact) mass is 556 g/mol. The largest absolute Gasteiger partial charge is 0.465 e. The number of nitrogens with one attached hydrogen (secondary N) is 1. The van der Waals surface area contributed by atoms with Crippen molar-refractivity contribution in [3.8, 4) is 11.4 Å². The third-order valence-corrected chi connectivity index (χ3v) is 10.2. The molecule has 0 spiro atoms. The summed E-state index contributed by atoms with van der Waals surface area (Å²) in [5.41, 5.74) is 4.13. The van der Waals surface area contributed by atoms with Gasteiger partial charge in [0.1, 0.15) is 5.00 Å². The summed E-state index contributed by atoms with van der Waals surface area (Å²) in [7, 11) is 1.39. The number of nitrogens with zero attached hydrogens (tertiary/aromatic N) is 3. The Morgan fingerprint density at radius 1 is 1.08 bits per heavy atom. The van der Waals surface area contributed by atoms with Crippen LogP contribution in [0, 0.1) is 0 Å². The third-order valence-electron chi connectivity index (χ3n) is 6.98.